The van der Waals surface area contributed by atoms with E-state index >= 15 is 0 Å². The van der Waals surface area contributed by atoms with Gasteiger partial charge in [0.25, 0.3) is 5.91 Å². The van der Waals surface area contributed by atoms with Crippen LogP contribution in [0, 0.1) is 0 Å². The SMILES string of the molecule is Cn1ccc(C(=O)N2CCC(OCCN)CC2)n1. The lowest BCUT2D eigenvalue weighted by Crippen LogP contribution is -2.41. The van der Waals surface area contributed by atoms with Crippen LogP contribution in [0.3, 0.4) is 0 Å². The topological polar surface area (TPSA) is 73.4 Å². The Morgan fingerprint density at radius 2 is 2.28 bits per heavy atom. The predicted molar refractivity (Wildman–Crippen MR) is 67.1 cm³/mol. The lowest BCUT2D eigenvalue weighted by atomic mass is 10.1. The number of hydrogen-bond donors (Lipinski definition) is 1. The zero-order valence-electron chi connectivity index (χ0n) is 10.7. The molecule has 0 bridgehead atoms. The number of nitrogens with zero attached hydrogens (tertiary/aromatic N) is 3. The highest BCUT2D eigenvalue weighted by molar-refractivity contribution is 5.92. The van der Waals surface area contributed by atoms with Gasteiger partial charge in [-0.25, -0.2) is 0 Å². The molecule has 18 heavy (non-hydrogen) atoms. The third-order valence-corrected chi connectivity index (χ3v) is 3.13. The number of ether oxygens (including phenoxy) is 1. The van der Waals surface area contributed by atoms with Crippen LogP contribution in [0.5, 0.6) is 0 Å². The van der Waals surface area contributed by atoms with Crippen LogP contribution in [0.1, 0.15) is 23.3 Å². The Hall–Kier alpha value is -1.40. The molecule has 0 aliphatic carbocycles. The van der Waals surface area contributed by atoms with E-state index in [1.54, 1.807) is 16.9 Å². The monoisotopic (exact) mass is 252 g/mol. The Morgan fingerprint density at radius 3 is 2.83 bits per heavy atom. The molecule has 0 unspecified atom stereocenters. The van der Waals surface area contributed by atoms with Crippen LogP contribution < -0.4 is 5.73 Å². The number of aryl methyl sites for hydroxylation is 1. The minimum absolute atomic E-state index is 0.00729. The van der Waals surface area contributed by atoms with Gasteiger partial charge in [-0.15, -0.1) is 0 Å². The van der Waals surface area contributed by atoms with E-state index in [0.717, 1.165) is 25.9 Å². The lowest BCUT2D eigenvalue weighted by Gasteiger charge is -2.31. The molecule has 0 atom stereocenters. The van der Waals surface area contributed by atoms with Crippen LogP contribution in [0.25, 0.3) is 0 Å². The first-order valence-corrected chi connectivity index (χ1v) is 6.31. The Morgan fingerprint density at radius 1 is 1.56 bits per heavy atom. The average Bonchev–Trinajstić information content (AvgIpc) is 2.83. The van der Waals surface area contributed by atoms with Crippen LogP contribution in [0.15, 0.2) is 12.3 Å². The number of nitrogens with two attached hydrogens (primary N) is 1. The molecule has 100 valence electrons. The van der Waals surface area contributed by atoms with E-state index in [-0.39, 0.29) is 12.0 Å². The molecule has 1 fully saturated rings. The fourth-order valence-electron chi connectivity index (χ4n) is 2.15. The molecule has 1 aliphatic heterocycles. The average molecular weight is 252 g/mol. The number of aromatic nitrogens is 2. The first-order valence-electron chi connectivity index (χ1n) is 6.31. The van der Waals surface area contributed by atoms with Crippen LogP contribution in [-0.2, 0) is 11.8 Å². The molecule has 1 amide bonds. The number of carbonyl (C=O) groups excluding carboxylic acids is 1. The number of piperidine rings is 1. The van der Waals surface area contributed by atoms with E-state index in [9.17, 15) is 4.79 Å². The van der Waals surface area contributed by atoms with Gasteiger partial charge >= 0.3 is 0 Å². The number of rotatable bonds is 4. The fourth-order valence-corrected chi connectivity index (χ4v) is 2.15. The highest BCUT2D eigenvalue weighted by Crippen LogP contribution is 2.15. The summed E-state index contributed by atoms with van der Waals surface area (Å²) < 4.78 is 7.23. The van der Waals surface area contributed by atoms with Crippen molar-refractivity contribution in [2.24, 2.45) is 12.8 Å². The van der Waals surface area contributed by atoms with Crippen molar-refractivity contribution in [2.75, 3.05) is 26.2 Å². The second-order valence-corrected chi connectivity index (χ2v) is 4.53. The molecule has 1 aromatic rings. The van der Waals surface area contributed by atoms with Gasteiger partial charge in [0.05, 0.1) is 12.7 Å². The molecule has 6 nitrogen and oxygen atoms in total. The number of carbonyl (C=O) groups is 1. The third-order valence-electron chi connectivity index (χ3n) is 3.13. The Kier molecular flexibility index (Phi) is 4.33. The van der Waals surface area contributed by atoms with Gasteiger partial charge in [0.2, 0.25) is 0 Å². The molecule has 2 heterocycles. The quantitative estimate of drug-likeness (QED) is 0.818. The van der Waals surface area contributed by atoms with Gasteiger partial charge in [0.15, 0.2) is 0 Å². The summed E-state index contributed by atoms with van der Waals surface area (Å²) in [5.74, 6) is 0.00729. The molecule has 1 saturated heterocycles. The maximum absolute atomic E-state index is 12.1. The molecule has 0 aromatic carbocycles. The number of likely N-dealkylation sites (tertiary alicyclic amines) is 1. The maximum Gasteiger partial charge on any atom is 0.274 e. The highest BCUT2D eigenvalue weighted by atomic mass is 16.5. The molecular weight excluding hydrogens is 232 g/mol. The Labute approximate surface area is 107 Å². The van der Waals surface area contributed by atoms with Crippen LogP contribution in [-0.4, -0.2) is 52.9 Å². The van der Waals surface area contributed by atoms with Crippen LogP contribution >= 0.6 is 0 Å². The molecule has 2 N–H and O–H groups in total. The van der Waals surface area contributed by atoms with Gasteiger partial charge in [0, 0.05) is 32.9 Å². The van der Waals surface area contributed by atoms with Gasteiger partial charge < -0.3 is 15.4 Å². The molecular formula is C12H20N4O2. The smallest absolute Gasteiger partial charge is 0.274 e. The van der Waals surface area contributed by atoms with E-state index in [1.807, 2.05) is 11.9 Å². The van der Waals surface area contributed by atoms with E-state index in [2.05, 4.69) is 5.10 Å². The van der Waals surface area contributed by atoms with E-state index in [0.29, 0.717) is 18.8 Å². The van der Waals surface area contributed by atoms with E-state index in [4.69, 9.17) is 10.5 Å². The first kappa shape index (κ1) is 13.0. The van der Waals surface area contributed by atoms with Crippen LogP contribution in [0.2, 0.25) is 0 Å². The van der Waals surface area contributed by atoms with E-state index < -0.39 is 0 Å². The van der Waals surface area contributed by atoms with Crippen molar-refractivity contribution in [1.82, 2.24) is 14.7 Å². The Bertz CT molecular complexity index is 397. The minimum atomic E-state index is 0.00729. The number of hydrogen-bond acceptors (Lipinski definition) is 4. The normalized spacial score (nSPS) is 17.1. The predicted octanol–water partition coefficient (Wildman–Crippen LogP) is 0.000000000000000722. The van der Waals surface area contributed by atoms with Gasteiger partial charge in [0.1, 0.15) is 5.69 Å². The summed E-state index contributed by atoms with van der Waals surface area (Å²) in [6, 6.07) is 1.75. The summed E-state index contributed by atoms with van der Waals surface area (Å²) in [5.41, 5.74) is 5.91. The van der Waals surface area contributed by atoms with Crippen molar-refractivity contribution < 1.29 is 9.53 Å². The zero-order chi connectivity index (χ0) is 13.0. The standard InChI is InChI=1S/C12H20N4O2/c1-15-6-4-11(14-15)12(17)16-7-2-10(3-8-16)18-9-5-13/h4,6,10H,2-3,5,7-9,13H2,1H3. The van der Waals surface area contributed by atoms with Gasteiger partial charge in [-0.3, -0.25) is 9.48 Å². The molecule has 0 spiro atoms. The van der Waals surface area contributed by atoms with Gasteiger partial charge in [-0.2, -0.15) is 5.10 Å². The Balaban J connectivity index is 1.84. The van der Waals surface area contributed by atoms with Crippen LogP contribution in [0.4, 0.5) is 0 Å². The summed E-state index contributed by atoms with van der Waals surface area (Å²) in [6.45, 7) is 2.60. The highest BCUT2D eigenvalue weighted by Gasteiger charge is 2.24. The maximum atomic E-state index is 12.1. The summed E-state index contributed by atoms with van der Waals surface area (Å²) >= 11 is 0. The van der Waals surface area contributed by atoms with E-state index in [1.165, 1.54) is 0 Å². The summed E-state index contributed by atoms with van der Waals surface area (Å²) in [6.07, 6.45) is 3.77. The van der Waals surface area contributed by atoms with Crippen molar-refractivity contribution in [3.8, 4) is 0 Å². The number of amides is 1. The summed E-state index contributed by atoms with van der Waals surface area (Å²) in [4.78, 5) is 14.0. The molecule has 1 aromatic heterocycles. The first-order chi connectivity index (χ1) is 8.70. The van der Waals surface area contributed by atoms with Crippen molar-refractivity contribution >= 4 is 5.91 Å². The van der Waals surface area contributed by atoms with Crippen molar-refractivity contribution in [3.05, 3.63) is 18.0 Å². The van der Waals surface area contributed by atoms with Crippen molar-refractivity contribution in [1.29, 1.82) is 0 Å². The van der Waals surface area contributed by atoms with Crippen molar-refractivity contribution in [2.45, 2.75) is 18.9 Å². The summed E-state index contributed by atoms with van der Waals surface area (Å²) in [7, 11) is 1.81. The third kappa shape index (κ3) is 3.08. The molecule has 6 heteroatoms. The molecule has 0 saturated carbocycles. The second-order valence-electron chi connectivity index (χ2n) is 4.53. The molecule has 2 rings (SSSR count). The zero-order valence-corrected chi connectivity index (χ0v) is 10.7. The fraction of sp³-hybridized carbons (Fsp3) is 0.667. The second kappa shape index (κ2) is 5.97. The lowest BCUT2D eigenvalue weighted by molar-refractivity contribution is 0.0120. The minimum Gasteiger partial charge on any atom is -0.377 e. The van der Waals surface area contributed by atoms with Gasteiger partial charge in [-0.1, -0.05) is 0 Å². The largest absolute Gasteiger partial charge is 0.377 e. The summed E-state index contributed by atoms with van der Waals surface area (Å²) in [5, 5.41) is 4.13. The van der Waals surface area contributed by atoms with Gasteiger partial charge in [-0.05, 0) is 18.9 Å². The van der Waals surface area contributed by atoms with Crippen molar-refractivity contribution in [3.63, 3.8) is 0 Å². The molecule has 0 radical (unpaired) electrons. The molecule has 1 aliphatic rings.